The van der Waals surface area contributed by atoms with Gasteiger partial charge in [0.1, 0.15) is 6.61 Å². The Morgan fingerprint density at radius 3 is 2.12 bits per heavy atom. The molecule has 0 bridgehead atoms. The molecule has 0 fully saturated rings. The Labute approximate surface area is 243 Å². The van der Waals surface area contributed by atoms with Crippen molar-refractivity contribution in [3.8, 4) is 11.1 Å². The van der Waals surface area contributed by atoms with E-state index in [2.05, 4.69) is 0 Å². The Bertz CT molecular complexity index is 1980. The van der Waals surface area contributed by atoms with Crippen molar-refractivity contribution in [2.24, 2.45) is 0 Å². The van der Waals surface area contributed by atoms with E-state index in [1.54, 1.807) is 43.3 Å². The molecule has 0 amide bonds. The highest BCUT2D eigenvalue weighted by Crippen LogP contribution is 2.36. The lowest BCUT2D eigenvalue weighted by molar-refractivity contribution is -0.146. The van der Waals surface area contributed by atoms with Crippen LogP contribution in [0.15, 0.2) is 126 Å². The first-order chi connectivity index (χ1) is 19.8. The molecule has 6 aromatic rings. The second kappa shape index (κ2) is 10.9. The molecule has 1 unspecified atom stereocenters. The van der Waals surface area contributed by atoms with Crippen LogP contribution in [0.5, 0.6) is 0 Å². The maximum Gasteiger partial charge on any atom is 0.313 e. The van der Waals surface area contributed by atoms with Crippen LogP contribution in [0.2, 0.25) is 5.02 Å². The third-order valence-corrected chi connectivity index (χ3v) is 9.26. The fraction of sp³-hybridized carbons (Fsp3) is 0.0882. The van der Waals surface area contributed by atoms with Crippen LogP contribution in [-0.4, -0.2) is 18.4 Å². The first-order valence-electron chi connectivity index (χ1n) is 13.2. The summed E-state index contributed by atoms with van der Waals surface area (Å²) in [6.07, 6.45) is 0. The molecule has 0 aliphatic rings. The lowest BCUT2D eigenvalue weighted by Crippen LogP contribution is -2.14. The smallest absolute Gasteiger partial charge is 0.313 e. The molecule has 0 N–H and O–H groups in total. The van der Waals surface area contributed by atoms with Gasteiger partial charge in [-0.15, -0.1) is 0 Å². The summed E-state index contributed by atoms with van der Waals surface area (Å²) in [5.41, 5.74) is 4.44. The molecule has 5 aromatic carbocycles. The predicted octanol–water partition coefficient (Wildman–Crippen LogP) is 8.20. The van der Waals surface area contributed by atoms with Gasteiger partial charge in [-0.05, 0) is 65.6 Å². The number of carbonyl (C=O) groups is 1. The van der Waals surface area contributed by atoms with E-state index in [1.807, 2.05) is 84.9 Å². The van der Waals surface area contributed by atoms with Crippen molar-refractivity contribution in [2.75, 3.05) is 0 Å². The van der Waals surface area contributed by atoms with E-state index in [0.29, 0.717) is 27.0 Å². The second-order valence-corrected chi connectivity index (χ2v) is 12.1. The fourth-order valence-corrected chi connectivity index (χ4v) is 6.74. The highest BCUT2D eigenvalue weighted by molar-refractivity contribution is 7.90. The number of esters is 1. The van der Waals surface area contributed by atoms with Gasteiger partial charge < -0.3 is 4.74 Å². The van der Waals surface area contributed by atoms with Gasteiger partial charge in [0.05, 0.1) is 21.8 Å². The number of rotatable bonds is 7. The van der Waals surface area contributed by atoms with Gasteiger partial charge in [0.15, 0.2) is 0 Å². The molecule has 0 aliphatic heterocycles. The Kier molecular flexibility index (Phi) is 7.12. The highest BCUT2D eigenvalue weighted by atomic mass is 35.5. The fourth-order valence-electron chi connectivity index (χ4n) is 5.05. The Morgan fingerprint density at radius 1 is 0.756 bits per heavy atom. The van der Waals surface area contributed by atoms with Crippen LogP contribution in [-0.2, 0) is 26.2 Å². The van der Waals surface area contributed by atoms with Crippen molar-refractivity contribution in [1.82, 2.24) is 3.97 Å². The summed E-state index contributed by atoms with van der Waals surface area (Å²) in [5, 5.41) is 1.94. The number of aromatic nitrogens is 1. The zero-order valence-corrected chi connectivity index (χ0v) is 23.8. The van der Waals surface area contributed by atoms with Crippen LogP contribution in [0.25, 0.3) is 32.9 Å². The number of hydrogen-bond donors (Lipinski definition) is 0. The number of benzene rings is 5. The molecule has 0 radical (unpaired) electrons. The molecule has 0 saturated heterocycles. The van der Waals surface area contributed by atoms with Crippen LogP contribution < -0.4 is 0 Å². The first kappa shape index (κ1) is 26.8. The number of nitrogens with zero attached hydrogens (tertiary/aromatic N) is 1. The van der Waals surface area contributed by atoms with Crippen LogP contribution in [0.4, 0.5) is 0 Å². The minimum absolute atomic E-state index is 0.159. The van der Waals surface area contributed by atoms with Crippen molar-refractivity contribution >= 4 is 49.4 Å². The lowest BCUT2D eigenvalue weighted by atomic mass is 9.99. The number of hydrogen-bond acceptors (Lipinski definition) is 4. The van der Waals surface area contributed by atoms with Gasteiger partial charge >= 0.3 is 5.97 Å². The maximum absolute atomic E-state index is 14.2. The molecule has 1 aromatic heterocycles. The molecule has 1 atom stereocenters. The lowest BCUT2D eigenvalue weighted by Gasteiger charge is -2.14. The molecule has 0 spiro atoms. The van der Waals surface area contributed by atoms with Gasteiger partial charge in [0, 0.05) is 15.8 Å². The zero-order valence-electron chi connectivity index (χ0n) is 22.2. The molecule has 6 rings (SSSR count). The zero-order chi connectivity index (χ0) is 28.6. The van der Waals surface area contributed by atoms with Crippen LogP contribution in [0, 0.1) is 0 Å². The van der Waals surface area contributed by atoms with Crippen molar-refractivity contribution in [2.45, 2.75) is 24.3 Å². The Hall–Kier alpha value is -4.39. The quantitative estimate of drug-likeness (QED) is 0.179. The van der Waals surface area contributed by atoms with Gasteiger partial charge in [-0.2, -0.15) is 0 Å². The van der Waals surface area contributed by atoms with Crippen LogP contribution in [0.3, 0.4) is 0 Å². The summed E-state index contributed by atoms with van der Waals surface area (Å²) in [4.78, 5) is 13.1. The number of ether oxygens (including phenoxy) is 1. The summed E-state index contributed by atoms with van der Waals surface area (Å²) in [7, 11) is -4.01. The Balaban J connectivity index is 1.41. The van der Waals surface area contributed by atoms with E-state index >= 15 is 0 Å². The molecular weight excluding hydrogens is 554 g/mol. The normalized spacial score (nSPS) is 12.4. The van der Waals surface area contributed by atoms with Gasteiger partial charge in [0.25, 0.3) is 10.0 Å². The number of carbonyl (C=O) groups excluding carboxylic acids is 1. The standard InChI is InChI=1S/C34H26ClNO4S/c1-23(34(37)40-22-24-8-4-2-5-9-24)27-14-18-30-31-21-28(35)15-19-32(31)36(33(30)20-27)41(38,39)29-16-12-26(13-17-29)25-10-6-3-7-11-25/h2-21,23H,22H2,1H3. The van der Waals surface area contributed by atoms with Crippen LogP contribution in [0.1, 0.15) is 24.0 Å². The van der Waals surface area contributed by atoms with Gasteiger partial charge in [0.2, 0.25) is 0 Å². The van der Waals surface area contributed by atoms with E-state index in [-0.39, 0.29) is 11.5 Å². The maximum atomic E-state index is 14.2. The minimum atomic E-state index is -4.01. The molecular formula is C34H26ClNO4S. The predicted molar refractivity (Wildman–Crippen MR) is 164 cm³/mol. The average Bonchev–Trinajstić information content (AvgIpc) is 3.34. The highest BCUT2D eigenvalue weighted by Gasteiger charge is 2.25. The average molecular weight is 580 g/mol. The van der Waals surface area contributed by atoms with Gasteiger partial charge in [-0.25, -0.2) is 12.4 Å². The molecule has 1 heterocycles. The topological polar surface area (TPSA) is 65.4 Å². The number of fused-ring (bicyclic) bond motifs is 3. The second-order valence-electron chi connectivity index (χ2n) is 9.91. The molecule has 0 saturated carbocycles. The summed E-state index contributed by atoms with van der Waals surface area (Å²) < 4.78 is 35.2. The van der Waals surface area contributed by atoms with E-state index in [4.69, 9.17) is 16.3 Å². The summed E-state index contributed by atoms with van der Waals surface area (Å²) in [6.45, 7) is 1.92. The van der Waals surface area contributed by atoms with E-state index in [9.17, 15) is 13.2 Å². The largest absolute Gasteiger partial charge is 0.460 e. The summed E-state index contributed by atoms with van der Waals surface area (Å²) in [5.74, 6) is -0.996. The molecule has 7 heteroatoms. The number of halogens is 1. The van der Waals surface area contributed by atoms with Crippen molar-refractivity contribution in [3.05, 3.63) is 137 Å². The monoisotopic (exact) mass is 579 g/mol. The third kappa shape index (κ3) is 5.12. The minimum Gasteiger partial charge on any atom is -0.460 e. The Morgan fingerprint density at radius 2 is 1.41 bits per heavy atom. The summed E-state index contributed by atoms with van der Waals surface area (Å²) in [6, 6.07) is 36.7. The van der Waals surface area contributed by atoms with Crippen molar-refractivity contribution < 1.29 is 17.9 Å². The van der Waals surface area contributed by atoms with Gasteiger partial charge in [-0.3, -0.25) is 4.79 Å². The van der Waals surface area contributed by atoms with E-state index in [0.717, 1.165) is 22.1 Å². The van der Waals surface area contributed by atoms with Crippen LogP contribution >= 0.6 is 11.6 Å². The molecule has 0 aliphatic carbocycles. The molecule has 204 valence electrons. The van der Waals surface area contributed by atoms with E-state index < -0.39 is 21.9 Å². The first-order valence-corrected chi connectivity index (χ1v) is 15.0. The van der Waals surface area contributed by atoms with Crippen molar-refractivity contribution in [1.29, 1.82) is 0 Å². The van der Waals surface area contributed by atoms with E-state index in [1.165, 1.54) is 3.97 Å². The SMILES string of the molecule is CC(C(=O)OCc1ccccc1)c1ccc2c3cc(Cl)ccc3n(S(=O)(=O)c3ccc(-c4ccccc4)cc3)c2c1. The molecule has 5 nitrogen and oxygen atoms in total. The summed E-state index contributed by atoms with van der Waals surface area (Å²) >= 11 is 6.32. The molecule has 41 heavy (non-hydrogen) atoms. The van der Waals surface area contributed by atoms with Gasteiger partial charge in [-0.1, -0.05) is 96.5 Å². The van der Waals surface area contributed by atoms with Crippen molar-refractivity contribution in [3.63, 3.8) is 0 Å². The third-order valence-electron chi connectivity index (χ3n) is 7.29.